The number of sulfonamides is 2. The molecule has 1 amide bonds. The minimum atomic E-state index is -3.65. The Labute approximate surface area is 203 Å². The number of hydrogen-bond acceptors (Lipinski definition) is 7. The molecule has 2 aliphatic heterocycles. The van der Waals surface area contributed by atoms with Crippen molar-refractivity contribution in [3.8, 4) is 5.75 Å². The molecule has 10 nitrogen and oxygen atoms in total. The van der Waals surface area contributed by atoms with E-state index in [-0.39, 0.29) is 42.4 Å². The molecule has 0 aromatic heterocycles. The van der Waals surface area contributed by atoms with Gasteiger partial charge in [-0.2, -0.15) is 4.31 Å². The van der Waals surface area contributed by atoms with Gasteiger partial charge in [0.15, 0.2) is 6.10 Å². The Morgan fingerprint density at radius 1 is 1.03 bits per heavy atom. The normalized spacial score (nSPS) is 19.6. The van der Waals surface area contributed by atoms with Gasteiger partial charge < -0.3 is 14.8 Å². The number of anilines is 2. The van der Waals surface area contributed by atoms with Crippen molar-refractivity contribution in [1.29, 1.82) is 0 Å². The van der Waals surface area contributed by atoms with Gasteiger partial charge in [0.05, 0.1) is 30.1 Å². The Morgan fingerprint density at radius 2 is 1.71 bits per heavy atom. The third kappa shape index (κ3) is 5.31. The highest BCUT2D eigenvalue weighted by Gasteiger charge is 2.32. The van der Waals surface area contributed by atoms with E-state index < -0.39 is 32.1 Å². The minimum Gasteiger partial charge on any atom is -0.478 e. The van der Waals surface area contributed by atoms with Crippen LogP contribution in [0.25, 0.3) is 0 Å². The highest BCUT2D eigenvalue weighted by atomic mass is 35.5. The van der Waals surface area contributed by atoms with Crippen LogP contribution in [0, 0.1) is 0 Å². The number of benzene rings is 2. The average molecular weight is 530 g/mol. The lowest BCUT2D eigenvalue weighted by molar-refractivity contribution is -0.122. The molecule has 0 bridgehead atoms. The number of nitrogens with zero attached hydrogens (tertiary/aromatic N) is 2. The van der Waals surface area contributed by atoms with Crippen molar-refractivity contribution >= 4 is 48.9 Å². The van der Waals surface area contributed by atoms with Crippen molar-refractivity contribution in [2.45, 2.75) is 17.4 Å². The first-order chi connectivity index (χ1) is 16.1. The predicted octanol–water partition coefficient (Wildman–Crippen LogP) is 1.92. The monoisotopic (exact) mass is 529 g/mol. The maximum absolute atomic E-state index is 12.9. The SMILES string of the molecule is CS(=O)(=O)N1CCC(C(=O)Nc2ccc(S(=O)(=O)N3CCOCC3)cc2)Oc2ccc(Cl)cc21. The van der Waals surface area contributed by atoms with Crippen molar-refractivity contribution < 1.29 is 31.1 Å². The molecule has 2 aromatic carbocycles. The van der Waals surface area contributed by atoms with E-state index in [1.807, 2.05) is 0 Å². The zero-order valence-corrected chi connectivity index (χ0v) is 20.7. The Kier molecular flexibility index (Phi) is 7.06. The first kappa shape index (κ1) is 24.7. The maximum Gasteiger partial charge on any atom is 0.265 e. The quantitative estimate of drug-likeness (QED) is 0.627. The van der Waals surface area contributed by atoms with E-state index >= 15 is 0 Å². The molecular formula is C21H24ClN3O7S2. The van der Waals surface area contributed by atoms with Gasteiger partial charge in [-0.25, -0.2) is 16.8 Å². The highest BCUT2D eigenvalue weighted by molar-refractivity contribution is 7.92. The zero-order valence-electron chi connectivity index (χ0n) is 18.3. The smallest absolute Gasteiger partial charge is 0.265 e. The number of carbonyl (C=O) groups is 1. The maximum atomic E-state index is 12.9. The molecule has 0 saturated carbocycles. The lowest BCUT2D eigenvalue weighted by Crippen LogP contribution is -2.40. The van der Waals surface area contributed by atoms with Crippen LogP contribution in [0.15, 0.2) is 47.4 Å². The topological polar surface area (TPSA) is 122 Å². The minimum absolute atomic E-state index is 0.0288. The fourth-order valence-corrected chi connectivity index (χ4v) is 6.26. The van der Waals surface area contributed by atoms with E-state index in [1.165, 1.54) is 40.7 Å². The molecule has 34 heavy (non-hydrogen) atoms. The van der Waals surface area contributed by atoms with E-state index in [1.54, 1.807) is 6.07 Å². The van der Waals surface area contributed by atoms with Gasteiger partial charge in [0, 0.05) is 36.8 Å². The van der Waals surface area contributed by atoms with Gasteiger partial charge in [-0.3, -0.25) is 9.10 Å². The molecule has 1 saturated heterocycles. The molecular weight excluding hydrogens is 506 g/mol. The molecule has 1 N–H and O–H groups in total. The largest absolute Gasteiger partial charge is 0.478 e. The van der Waals surface area contributed by atoms with Gasteiger partial charge in [-0.1, -0.05) is 11.6 Å². The fourth-order valence-electron chi connectivity index (χ4n) is 3.75. The number of amides is 1. The number of ether oxygens (including phenoxy) is 2. The Hall–Kier alpha value is -2.38. The summed E-state index contributed by atoms with van der Waals surface area (Å²) in [6.45, 7) is 1.30. The third-order valence-electron chi connectivity index (χ3n) is 5.48. The summed E-state index contributed by atoms with van der Waals surface area (Å²) in [4.78, 5) is 13.0. The highest BCUT2D eigenvalue weighted by Crippen LogP contribution is 2.36. The molecule has 13 heteroatoms. The van der Waals surface area contributed by atoms with Crippen molar-refractivity contribution in [2.75, 3.05) is 48.7 Å². The molecule has 184 valence electrons. The van der Waals surface area contributed by atoms with Gasteiger partial charge in [0.2, 0.25) is 20.0 Å². The Balaban J connectivity index is 1.49. The van der Waals surface area contributed by atoms with Crippen LogP contribution in [0.2, 0.25) is 5.02 Å². The summed E-state index contributed by atoms with van der Waals surface area (Å²) in [5.74, 6) is -0.264. The fraction of sp³-hybridized carbons (Fsp3) is 0.381. The van der Waals surface area contributed by atoms with E-state index in [0.717, 1.165) is 10.6 Å². The van der Waals surface area contributed by atoms with Gasteiger partial charge >= 0.3 is 0 Å². The van der Waals surface area contributed by atoms with Crippen molar-refractivity contribution in [3.05, 3.63) is 47.5 Å². The van der Waals surface area contributed by atoms with Crippen LogP contribution in [0.5, 0.6) is 5.75 Å². The second-order valence-corrected chi connectivity index (χ2v) is 12.2. The lowest BCUT2D eigenvalue weighted by Gasteiger charge is -2.26. The lowest BCUT2D eigenvalue weighted by atomic mass is 10.2. The van der Waals surface area contributed by atoms with Gasteiger partial charge in [-0.15, -0.1) is 0 Å². The molecule has 0 radical (unpaired) electrons. The predicted molar refractivity (Wildman–Crippen MR) is 127 cm³/mol. The van der Waals surface area contributed by atoms with Crippen LogP contribution in [0.1, 0.15) is 6.42 Å². The first-order valence-electron chi connectivity index (χ1n) is 10.5. The van der Waals surface area contributed by atoms with Crippen molar-refractivity contribution in [3.63, 3.8) is 0 Å². The Morgan fingerprint density at radius 3 is 2.35 bits per heavy atom. The standard InChI is InChI=1S/C21H24ClN3O7S2/c1-33(27,28)25-9-8-20(32-19-7-2-15(22)14-18(19)25)21(26)23-16-3-5-17(6-4-16)34(29,30)24-10-12-31-13-11-24/h2-7,14,20H,8-13H2,1H3,(H,23,26). The molecule has 2 aliphatic rings. The van der Waals surface area contributed by atoms with Crippen LogP contribution >= 0.6 is 11.6 Å². The van der Waals surface area contributed by atoms with Crippen LogP contribution in [0.3, 0.4) is 0 Å². The van der Waals surface area contributed by atoms with Gasteiger partial charge in [0.1, 0.15) is 5.75 Å². The second kappa shape index (κ2) is 9.70. The number of morpholine rings is 1. The first-order valence-corrected chi connectivity index (χ1v) is 14.1. The van der Waals surface area contributed by atoms with Gasteiger partial charge in [0.25, 0.3) is 5.91 Å². The number of hydrogen-bond donors (Lipinski definition) is 1. The summed E-state index contributed by atoms with van der Waals surface area (Å²) in [5, 5.41) is 3.05. The zero-order chi connectivity index (χ0) is 24.5. The van der Waals surface area contributed by atoms with E-state index in [9.17, 15) is 21.6 Å². The molecule has 4 rings (SSSR count). The molecule has 2 aromatic rings. The van der Waals surface area contributed by atoms with E-state index in [0.29, 0.717) is 23.9 Å². The summed E-state index contributed by atoms with van der Waals surface area (Å²) >= 11 is 6.04. The molecule has 1 atom stereocenters. The molecule has 1 fully saturated rings. The molecule has 2 heterocycles. The number of carbonyl (C=O) groups excluding carboxylic acids is 1. The van der Waals surface area contributed by atoms with Crippen LogP contribution in [-0.2, 0) is 29.6 Å². The Bertz CT molecular complexity index is 1280. The van der Waals surface area contributed by atoms with Crippen molar-refractivity contribution in [1.82, 2.24) is 4.31 Å². The average Bonchev–Trinajstić information content (AvgIpc) is 2.99. The molecule has 0 spiro atoms. The van der Waals surface area contributed by atoms with E-state index in [2.05, 4.69) is 5.32 Å². The summed E-state index contributed by atoms with van der Waals surface area (Å²) in [5.41, 5.74) is 0.651. The third-order valence-corrected chi connectivity index (χ3v) is 8.80. The molecule has 1 unspecified atom stereocenters. The number of rotatable bonds is 5. The number of fused-ring (bicyclic) bond motifs is 1. The van der Waals surface area contributed by atoms with Crippen molar-refractivity contribution in [2.24, 2.45) is 0 Å². The summed E-state index contributed by atoms with van der Waals surface area (Å²) in [6.07, 6.45) is 0.211. The van der Waals surface area contributed by atoms with Crippen LogP contribution in [-0.4, -0.2) is 72.3 Å². The molecule has 0 aliphatic carbocycles. The second-order valence-electron chi connectivity index (χ2n) is 7.87. The number of halogens is 1. The summed E-state index contributed by atoms with van der Waals surface area (Å²) in [6, 6.07) is 10.4. The number of nitrogens with one attached hydrogen (secondary N) is 1. The van der Waals surface area contributed by atoms with Crippen LogP contribution < -0.4 is 14.4 Å². The summed E-state index contributed by atoms with van der Waals surface area (Å²) < 4.78 is 63.6. The van der Waals surface area contributed by atoms with Gasteiger partial charge in [-0.05, 0) is 42.5 Å². The van der Waals surface area contributed by atoms with E-state index in [4.69, 9.17) is 21.1 Å². The summed E-state index contributed by atoms with van der Waals surface area (Å²) in [7, 11) is -7.27. The van der Waals surface area contributed by atoms with Crippen LogP contribution in [0.4, 0.5) is 11.4 Å².